The Labute approximate surface area is 102 Å². The Hall–Kier alpha value is -0.510. The van der Waals surface area contributed by atoms with Gasteiger partial charge in [0, 0.05) is 16.7 Å². The third kappa shape index (κ3) is 4.16. The van der Waals surface area contributed by atoms with E-state index in [2.05, 4.69) is 44.3 Å². The number of benzene rings is 1. The second-order valence-corrected chi connectivity index (χ2v) is 5.09. The average molecular weight is 239 g/mol. The SMILES string of the molecule is CCNC(CO)CSc1ccc(C)c(C)c1. The number of likely N-dealkylation sites (N-methyl/N-ethyl adjacent to an activating group) is 1. The summed E-state index contributed by atoms with van der Waals surface area (Å²) in [6.07, 6.45) is 0. The Morgan fingerprint density at radius 1 is 1.31 bits per heavy atom. The van der Waals surface area contributed by atoms with Crippen molar-refractivity contribution >= 4 is 11.8 Å². The third-order valence-corrected chi connectivity index (χ3v) is 3.80. The molecule has 0 saturated heterocycles. The van der Waals surface area contributed by atoms with Crippen LogP contribution in [0.3, 0.4) is 0 Å². The molecule has 0 fully saturated rings. The van der Waals surface area contributed by atoms with Gasteiger partial charge in [0.05, 0.1) is 6.61 Å². The molecule has 2 nitrogen and oxygen atoms in total. The van der Waals surface area contributed by atoms with Gasteiger partial charge in [0.1, 0.15) is 0 Å². The highest BCUT2D eigenvalue weighted by Gasteiger charge is 2.06. The molecule has 90 valence electrons. The van der Waals surface area contributed by atoms with Crippen LogP contribution < -0.4 is 5.32 Å². The van der Waals surface area contributed by atoms with Crippen LogP contribution in [-0.2, 0) is 0 Å². The lowest BCUT2D eigenvalue weighted by Gasteiger charge is -2.14. The van der Waals surface area contributed by atoms with E-state index in [4.69, 9.17) is 5.11 Å². The van der Waals surface area contributed by atoms with Crippen molar-refractivity contribution in [3.05, 3.63) is 29.3 Å². The van der Waals surface area contributed by atoms with Crippen molar-refractivity contribution < 1.29 is 5.11 Å². The summed E-state index contributed by atoms with van der Waals surface area (Å²) in [7, 11) is 0. The van der Waals surface area contributed by atoms with Gasteiger partial charge in [0.2, 0.25) is 0 Å². The molecule has 16 heavy (non-hydrogen) atoms. The maximum Gasteiger partial charge on any atom is 0.0592 e. The number of thioether (sulfide) groups is 1. The smallest absolute Gasteiger partial charge is 0.0592 e. The van der Waals surface area contributed by atoms with E-state index in [9.17, 15) is 0 Å². The third-order valence-electron chi connectivity index (χ3n) is 2.64. The lowest BCUT2D eigenvalue weighted by atomic mass is 10.1. The number of aryl methyl sites for hydroxylation is 2. The van der Waals surface area contributed by atoms with E-state index in [0.717, 1.165) is 12.3 Å². The van der Waals surface area contributed by atoms with Crippen molar-refractivity contribution in [3.63, 3.8) is 0 Å². The van der Waals surface area contributed by atoms with E-state index in [-0.39, 0.29) is 12.6 Å². The highest BCUT2D eigenvalue weighted by molar-refractivity contribution is 7.99. The van der Waals surface area contributed by atoms with Crippen molar-refractivity contribution in [2.24, 2.45) is 0 Å². The van der Waals surface area contributed by atoms with Gasteiger partial charge >= 0.3 is 0 Å². The maximum absolute atomic E-state index is 9.16. The summed E-state index contributed by atoms with van der Waals surface area (Å²) >= 11 is 1.79. The van der Waals surface area contributed by atoms with Crippen molar-refractivity contribution in [2.75, 3.05) is 18.9 Å². The molecule has 0 spiro atoms. The van der Waals surface area contributed by atoms with Crippen LogP contribution in [0.1, 0.15) is 18.1 Å². The van der Waals surface area contributed by atoms with E-state index in [0.29, 0.717) is 0 Å². The van der Waals surface area contributed by atoms with Gasteiger partial charge < -0.3 is 10.4 Å². The van der Waals surface area contributed by atoms with Crippen LogP contribution in [0, 0.1) is 13.8 Å². The van der Waals surface area contributed by atoms with Gasteiger partial charge in [0.15, 0.2) is 0 Å². The molecular weight excluding hydrogens is 218 g/mol. The molecule has 1 atom stereocenters. The van der Waals surface area contributed by atoms with Crippen molar-refractivity contribution in [2.45, 2.75) is 31.7 Å². The fourth-order valence-electron chi connectivity index (χ4n) is 1.47. The molecule has 1 aromatic rings. The molecule has 2 N–H and O–H groups in total. The van der Waals surface area contributed by atoms with Gasteiger partial charge in [-0.2, -0.15) is 0 Å². The molecule has 1 unspecified atom stereocenters. The Morgan fingerprint density at radius 3 is 2.62 bits per heavy atom. The molecule has 1 aromatic carbocycles. The normalized spacial score (nSPS) is 12.8. The van der Waals surface area contributed by atoms with Crippen LogP contribution in [-0.4, -0.2) is 30.1 Å². The summed E-state index contributed by atoms with van der Waals surface area (Å²) in [6, 6.07) is 6.70. The van der Waals surface area contributed by atoms with Crippen molar-refractivity contribution in [3.8, 4) is 0 Å². The largest absolute Gasteiger partial charge is 0.395 e. The zero-order valence-electron chi connectivity index (χ0n) is 10.3. The molecular formula is C13H21NOS. The Bertz CT molecular complexity index is 328. The first-order valence-corrected chi connectivity index (χ1v) is 6.70. The minimum absolute atomic E-state index is 0.191. The zero-order valence-corrected chi connectivity index (χ0v) is 11.1. The molecule has 0 aromatic heterocycles. The Morgan fingerprint density at radius 2 is 2.06 bits per heavy atom. The van der Waals surface area contributed by atoms with Gasteiger partial charge in [-0.3, -0.25) is 0 Å². The fourth-order valence-corrected chi connectivity index (χ4v) is 2.51. The monoisotopic (exact) mass is 239 g/mol. The van der Waals surface area contributed by atoms with Crippen LogP contribution in [0.2, 0.25) is 0 Å². The summed E-state index contributed by atoms with van der Waals surface area (Å²) in [5.74, 6) is 0.910. The number of hydrogen-bond acceptors (Lipinski definition) is 3. The maximum atomic E-state index is 9.16. The van der Waals surface area contributed by atoms with Crippen LogP contribution >= 0.6 is 11.8 Å². The average Bonchev–Trinajstić information content (AvgIpc) is 2.28. The minimum Gasteiger partial charge on any atom is -0.395 e. The van der Waals surface area contributed by atoms with Gasteiger partial charge in [-0.25, -0.2) is 0 Å². The summed E-state index contributed by atoms with van der Waals surface area (Å²) in [6.45, 7) is 7.42. The fraction of sp³-hybridized carbons (Fsp3) is 0.538. The zero-order chi connectivity index (χ0) is 12.0. The number of rotatable bonds is 6. The molecule has 3 heteroatoms. The van der Waals surface area contributed by atoms with Gasteiger partial charge in [0.25, 0.3) is 0 Å². The predicted molar refractivity (Wildman–Crippen MR) is 71.2 cm³/mol. The van der Waals surface area contributed by atoms with Crippen LogP contribution in [0.5, 0.6) is 0 Å². The molecule has 1 rings (SSSR count). The van der Waals surface area contributed by atoms with Crippen molar-refractivity contribution in [1.29, 1.82) is 0 Å². The predicted octanol–water partition coefficient (Wildman–Crippen LogP) is 2.37. The molecule has 0 aliphatic carbocycles. The van der Waals surface area contributed by atoms with Crippen LogP contribution in [0.4, 0.5) is 0 Å². The quantitative estimate of drug-likeness (QED) is 0.748. The van der Waals surface area contributed by atoms with Crippen LogP contribution in [0.25, 0.3) is 0 Å². The van der Waals surface area contributed by atoms with Gasteiger partial charge in [-0.05, 0) is 43.7 Å². The highest BCUT2D eigenvalue weighted by atomic mass is 32.2. The van der Waals surface area contributed by atoms with Gasteiger partial charge in [-0.1, -0.05) is 13.0 Å². The first kappa shape index (κ1) is 13.6. The standard InChI is InChI=1S/C13H21NOS/c1-4-14-12(8-15)9-16-13-6-5-10(2)11(3)7-13/h5-7,12,14-15H,4,8-9H2,1-3H3. The first-order valence-electron chi connectivity index (χ1n) is 5.71. The minimum atomic E-state index is 0.191. The lowest BCUT2D eigenvalue weighted by Crippen LogP contribution is -2.34. The van der Waals surface area contributed by atoms with E-state index in [1.807, 2.05) is 0 Å². The molecule has 0 aliphatic rings. The summed E-state index contributed by atoms with van der Waals surface area (Å²) < 4.78 is 0. The Balaban J connectivity index is 2.50. The highest BCUT2D eigenvalue weighted by Crippen LogP contribution is 2.21. The summed E-state index contributed by atoms with van der Waals surface area (Å²) in [4.78, 5) is 1.28. The number of nitrogens with one attached hydrogen (secondary N) is 1. The van der Waals surface area contributed by atoms with E-state index >= 15 is 0 Å². The number of aliphatic hydroxyl groups excluding tert-OH is 1. The summed E-state index contributed by atoms with van der Waals surface area (Å²) in [5.41, 5.74) is 2.66. The lowest BCUT2D eigenvalue weighted by molar-refractivity contribution is 0.255. The molecule has 0 aliphatic heterocycles. The van der Waals surface area contributed by atoms with Gasteiger partial charge in [-0.15, -0.1) is 11.8 Å². The topological polar surface area (TPSA) is 32.3 Å². The second kappa shape index (κ2) is 6.94. The molecule has 0 heterocycles. The first-order chi connectivity index (χ1) is 7.67. The second-order valence-electron chi connectivity index (χ2n) is 3.99. The molecule has 0 bridgehead atoms. The van der Waals surface area contributed by atoms with E-state index in [1.165, 1.54) is 16.0 Å². The number of aliphatic hydroxyl groups is 1. The molecule has 0 radical (unpaired) electrons. The summed E-state index contributed by atoms with van der Waals surface area (Å²) in [5, 5.41) is 12.4. The Kier molecular flexibility index (Phi) is 5.88. The van der Waals surface area contributed by atoms with Crippen LogP contribution in [0.15, 0.2) is 23.1 Å². The molecule has 0 saturated carbocycles. The van der Waals surface area contributed by atoms with E-state index < -0.39 is 0 Å². The van der Waals surface area contributed by atoms with Crippen molar-refractivity contribution in [1.82, 2.24) is 5.32 Å². The number of hydrogen-bond donors (Lipinski definition) is 2. The van der Waals surface area contributed by atoms with E-state index in [1.54, 1.807) is 11.8 Å². The molecule has 0 amide bonds.